The molecular weight excluding hydrogens is 520 g/mol. The summed E-state index contributed by atoms with van der Waals surface area (Å²) in [6.45, 7) is 10.1. The van der Waals surface area contributed by atoms with Crippen LogP contribution in [0, 0.1) is 11.8 Å². The lowest BCUT2D eigenvalue weighted by Crippen LogP contribution is -2.62. The van der Waals surface area contributed by atoms with Gasteiger partial charge in [-0.2, -0.15) is 0 Å². The number of ether oxygens (including phenoxy) is 1. The summed E-state index contributed by atoms with van der Waals surface area (Å²) >= 11 is -0.699. The van der Waals surface area contributed by atoms with Gasteiger partial charge in [0.1, 0.15) is 5.00 Å². The molecule has 3 aromatic rings. The number of Topliss-reactive ketones (excluding diaryl/α,β-unsaturated/α-hetero) is 1. The maximum atomic E-state index is 13.7. The van der Waals surface area contributed by atoms with Crippen LogP contribution in [-0.4, -0.2) is 32.7 Å². The van der Waals surface area contributed by atoms with Crippen molar-refractivity contribution in [3.8, 4) is 11.1 Å². The van der Waals surface area contributed by atoms with Gasteiger partial charge in [0.2, 0.25) is 0 Å². The van der Waals surface area contributed by atoms with Gasteiger partial charge in [-0.05, 0) is 42.4 Å². The number of thiophene rings is 1. The Morgan fingerprint density at radius 3 is 2.26 bits per heavy atom. The molecule has 1 heterocycles. The van der Waals surface area contributed by atoms with E-state index in [1.807, 2.05) is 44.2 Å². The van der Waals surface area contributed by atoms with Crippen LogP contribution in [0.1, 0.15) is 55.4 Å². The quantitative estimate of drug-likeness (QED) is 0.102. The molecule has 0 amide bonds. The van der Waals surface area contributed by atoms with Gasteiger partial charge in [0.05, 0.1) is 6.61 Å². The van der Waals surface area contributed by atoms with Gasteiger partial charge in [0, 0.05) is 22.5 Å². The van der Waals surface area contributed by atoms with Gasteiger partial charge in [-0.15, -0.1) is 11.3 Å². The molecule has 7 nitrogen and oxygen atoms in total. The lowest BCUT2D eigenvalue weighted by molar-refractivity contribution is -0.150. The van der Waals surface area contributed by atoms with Crippen LogP contribution in [0.3, 0.4) is 0 Å². The van der Waals surface area contributed by atoms with Gasteiger partial charge in [0.15, 0.2) is 11.3 Å². The van der Waals surface area contributed by atoms with E-state index in [1.165, 1.54) is 11.3 Å². The van der Waals surface area contributed by atoms with Crippen molar-refractivity contribution in [3.05, 3.63) is 76.7 Å². The summed E-state index contributed by atoms with van der Waals surface area (Å²) in [7, 11) is 0. The second-order valence-corrected chi connectivity index (χ2v) is 11.7. The summed E-state index contributed by atoms with van der Waals surface area (Å²) in [5.74, 6) is -0.829. The molecule has 2 atom stereocenters. The van der Waals surface area contributed by atoms with Crippen LogP contribution in [0.5, 0.6) is 0 Å². The van der Waals surface area contributed by atoms with Crippen LogP contribution in [0.25, 0.3) is 11.1 Å². The highest BCUT2D eigenvalue weighted by Crippen LogP contribution is 2.38. The van der Waals surface area contributed by atoms with Crippen molar-refractivity contribution < 1.29 is 23.1 Å². The van der Waals surface area contributed by atoms with Crippen LogP contribution in [0.2, 0.25) is 0 Å². The normalized spacial score (nSPS) is 13.8. The SMILES string of the molecule is CCOC(=O)C(NCc1ccc(-c2cc(CC(C)C)sc2NS(=O)O)cc1)(C(=O)c1ccccc1)C(C)C. The van der Waals surface area contributed by atoms with Crippen molar-refractivity contribution in [2.24, 2.45) is 11.8 Å². The highest BCUT2D eigenvalue weighted by Gasteiger charge is 2.49. The molecule has 9 heteroatoms. The summed E-state index contributed by atoms with van der Waals surface area (Å²) in [5, 5.41) is 3.89. The fraction of sp³-hybridized carbons (Fsp3) is 0.379. The molecule has 0 aliphatic carbocycles. The van der Waals surface area contributed by atoms with Gasteiger partial charge in [-0.25, -0.2) is 9.00 Å². The lowest BCUT2D eigenvalue weighted by atomic mass is 9.79. The number of hydrogen-bond acceptors (Lipinski definition) is 6. The first-order valence-corrected chi connectivity index (χ1v) is 14.6. The fourth-order valence-corrected chi connectivity index (χ4v) is 6.16. The molecule has 3 N–H and O–H groups in total. The van der Waals surface area contributed by atoms with E-state index in [1.54, 1.807) is 31.2 Å². The van der Waals surface area contributed by atoms with Crippen molar-refractivity contribution in [3.63, 3.8) is 0 Å². The first-order valence-electron chi connectivity index (χ1n) is 12.7. The molecule has 0 saturated heterocycles. The Morgan fingerprint density at radius 2 is 1.71 bits per heavy atom. The minimum Gasteiger partial charge on any atom is -0.464 e. The maximum Gasteiger partial charge on any atom is 0.334 e. The Balaban J connectivity index is 1.89. The molecule has 0 fully saturated rings. The molecular formula is C29H36N2O5S2. The minimum absolute atomic E-state index is 0.167. The maximum absolute atomic E-state index is 13.7. The second kappa shape index (κ2) is 13.3. The van der Waals surface area contributed by atoms with Crippen molar-refractivity contribution in [2.75, 3.05) is 11.3 Å². The van der Waals surface area contributed by atoms with Gasteiger partial charge in [0.25, 0.3) is 11.3 Å². The van der Waals surface area contributed by atoms with Crippen LogP contribution in [-0.2, 0) is 33.8 Å². The van der Waals surface area contributed by atoms with Crippen LogP contribution in [0.15, 0.2) is 60.7 Å². The summed E-state index contributed by atoms with van der Waals surface area (Å²) in [4.78, 5) is 28.0. The average Bonchev–Trinajstić information content (AvgIpc) is 3.25. The first kappa shape index (κ1) is 29.7. The summed E-state index contributed by atoms with van der Waals surface area (Å²) in [6.07, 6.45) is 0.875. The number of ketones is 1. The van der Waals surface area contributed by atoms with E-state index >= 15 is 0 Å². The Kier molecular flexibility index (Phi) is 10.4. The van der Waals surface area contributed by atoms with Crippen LogP contribution < -0.4 is 10.0 Å². The summed E-state index contributed by atoms with van der Waals surface area (Å²) < 4.78 is 28.9. The van der Waals surface area contributed by atoms with Crippen LogP contribution in [0.4, 0.5) is 5.00 Å². The molecule has 3 rings (SSSR count). The molecule has 204 valence electrons. The molecule has 1 aromatic heterocycles. The second-order valence-electron chi connectivity index (χ2n) is 9.83. The molecule has 0 spiro atoms. The lowest BCUT2D eigenvalue weighted by Gasteiger charge is -2.35. The number of anilines is 1. The van der Waals surface area contributed by atoms with Crippen LogP contribution >= 0.6 is 11.3 Å². The summed E-state index contributed by atoms with van der Waals surface area (Å²) in [6, 6.07) is 18.5. The monoisotopic (exact) mass is 556 g/mol. The Morgan fingerprint density at radius 1 is 1.05 bits per heavy atom. The number of carbonyl (C=O) groups excluding carboxylic acids is 2. The van der Waals surface area contributed by atoms with E-state index in [0.717, 1.165) is 28.0 Å². The predicted molar refractivity (Wildman–Crippen MR) is 155 cm³/mol. The number of carbonyl (C=O) groups is 2. The number of rotatable bonds is 13. The molecule has 0 bridgehead atoms. The predicted octanol–water partition coefficient (Wildman–Crippen LogP) is 6.09. The standard InChI is InChI=1S/C29H36N2O5S2/c1-6-36-28(33)29(20(4)5,26(32)23-10-8-7-9-11-23)30-18-21-12-14-22(15-13-21)25-17-24(16-19(2)3)37-27(25)31-38(34)35/h7-15,17,19-20,30-31H,6,16,18H2,1-5H3,(H,34,35). The molecule has 2 unspecified atom stereocenters. The van der Waals surface area contributed by atoms with E-state index in [0.29, 0.717) is 16.5 Å². The highest BCUT2D eigenvalue weighted by atomic mass is 32.2. The van der Waals surface area contributed by atoms with E-state index in [2.05, 4.69) is 30.0 Å². The Labute approximate surface area is 231 Å². The largest absolute Gasteiger partial charge is 0.464 e. The zero-order valence-electron chi connectivity index (χ0n) is 22.4. The number of esters is 1. The zero-order valence-corrected chi connectivity index (χ0v) is 24.1. The third-order valence-electron chi connectivity index (χ3n) is 6.27. The average molecular weight is 557 g/mol. The molecule has 2 aromatic carbocycles. The van der Waals surface area contributed by atoms with E-state index < -0.39 is 22.8 Å². The molecule has 0 aliphatic heterocycles. The van der Waals surface area contributed by atoms with Gasteiger partial charge in [-0.1, -0.05) is 82.3 Å². The third-order valence-corrected chi connectivity index (χ3v) is 7.85. The van der Waals surface area contributed by atoms with Gasteiger partial charge < -0.3 is 4.74 Å². The topological polar surface area (TPSA) is 105 Å². The number of benzene rings is 2. The van der Waals surface area contributed by atoms with Gasteiger partial charge >= 0.3 is 5.97 Å². The Hall–Kier alpha value is -2.85. The molecule has 38 heavy (non-hydrogen) atoms. The molecule has 0 aliphatic rings. The van der Waals surface area contributed by atoms with Crippen molar-refractivity contribution in [1.29, 1.82) is 0 Å². The fourth-order valence-electron chi connectivity index (χ4n) is 4.37. The van der Waals surface area contributed by atoms with E-state index in [9.17, 15) is 18.4 Å². The minimum atomic E-state index is -2.17. The van der Waals surface area contributed by atoms with E-state index in [-0.39, 0.29) is 24.9 Å². The van der Waals surface area contributed by atoms with Crippen molar-refractivity contribution in [2.45, 2.75) is 53.1 Å². The van der Waals surface area contributed by atoms with E-state index in [4.69, 9.17) is 4.74 Å². The van der Waals surface area contributed by atoms with Gasteiger partial charge in [-0.3, -0.25) is 19.4 Å². The smallest absolute Gasteiger partial charge is 0.334 e. The molecule has 0 radical (unpaired) electrons. The number of nitrogens with one attached hydrogen (secondary N) is 2. The Bertz CT molecular complexity index is 1260. The van der Waals surface area contributed by atoms with Crippen molar-refractivity contribution in [1.82, 2.24) is 5.32 Å². The molecule has 0 saturated carbocycles. The number of hydrogen-bond donors (Lipinski definition) is 3. The highest BCUT2D eigenvalue weighted by molar-refractivity contribution is 7.80. The first-order chi connectivity index (χ1) is 18.1. The summed E-state index contributed by atoms with van der Waals surface area (Å²) in [5.41, 5.74) is 1.52. The third kappa shape index (κ3) is 6.96. The zero-order chi connectivity index (χ0) is 27.9. The van der Waals surface area contributed by atoms with Crippen molar-refractivity contribution >= 4 is 39.4 Å².